The maximum atomic E-state index is 13.2. The highest BCUT2D eigenvalue weighted by Crippen LogP contribution is 2.31. The Balaban J connectivity index is 1.64. The van der Waals surface area contributed by atoms with Crippen molar-refractivity contribution in [2.75, 3.05) is 17.2 Å². The van der Waals surface area contributed by atoms with Gasteiger partial charge in [0.1, 0.15) is 17.2 Å². The molecule has 0 saturated carbocycles. The van der Waals surface area contributed by atoms with E-state index in [0.717, 1.165) is 37.2 Å². The van der Waals surface area contributed by atoms with Crippen molar-refractivity contribution in [3.8, 4) is 0 Å². The van der Waals surface area contributed by atoms with Gasteiger partial charge in [-0.3, -0.25) is 9.78 Å². The number of amides is 1. The largest absolute Gasteiger partial charge is 0.417 e. The molecule has 1 amide bonds. The Labute approximate surface area is 194 Å². The Bertz CT molecular complexity index is 1270. The molecule has 7 nitrogen and oxygen atoms in total. The highest BCUT2D eigenvalue weighted by Gasteiger charge is 2.32. The molecule has 0 bridgehead atoms. The first-order valence-corrected chi connectivity index (χ1v) is 10.8. The average Bonchev–Trinajstić information content (AvgIpc) is 3.18. The van der Waals surface area contributed by atoms with Crippen molar-refractivity contribution in [2.24, 2.45) is 0 Å². The van der Waals surface area contributed by atoms with Gasteiger partial charge in [-0.1, -0.05) is 13.3 Å². The topological polar surface area (TPSA) is 84.7 Å². The van der Waals surface area contributed by atoms with E-state index < -0.39 is 17.6 Å². The summed E-state index contributed by atoms with van der Waals surface area (Å²) in [5.41, 5.74) is 0.888. The predicted molar refractivity (Wildman–Crippen MR) is 124 cm³/mol. The van der Waals surface area contributed by atoms with Crippen LogP contribution >= 0.6 is 0 Å². The summed E-state index contributed by atoms with van der Waals surface area (Å²) in [6.07, 6.45) is 3.08. The summed E-state index contributed by atoms with van der Waals surface area (Å²) in [5.74, 6) is 0.219. The zero-order chi connectivity index (χ0) is 24.1. The van der Waals surface area contributed by atoms with Crippen LogP contribution < -0.4 is 10.6 Å². The number of hydrogen-bond acceptors (Lipinski definition) is 5. The van der Waals surface area contributed by atoms with Gasteiger partial charge in [0.25, 0.3) is 5.91 Å². The van der Waals surface area contributed by atoms with Gasteiger partial charge in [0, 0.05) is 37.1 Å². The Hall–Kier alpha value is -3.95. The van der Waals surface area contributed by atoms with E-state index in [1.54, 1.807) is 41.2 Å². The molecule has 0 atom stereocenters. The maximum Gasteiger partial charge on any atom is 0.417 e. The number of pyridine rings is 3. The number of anilines is 2. The van der Waals surface area contributed by atoms with E-state index in [9.17, 15) is 18.0 Å². The first kappa shape index (κ1) is 23.2. The van der Waals surface area contributed by atoms with Gasteiger partial charge in [-0.2, -0.15) is 13.2 Å². The predicted octanol–water partition coefficient (Wildman–Crippen LogP) is 5.36. The number of carbonyl (C=O) groups is 1. The van der Waals surface area contributed by atoms with Gasteiger partial charge in [-0.25, -0.2) is 9.97 Å². The highest BCUT2D eigenvalue weighted by molar-refractivity contribution is 6.06. The van der Waals surface area contributed by atoms with Crippen molar-refractivity contribution in [1.29, 1.82) is 0 Å². The second-order valence-corrected chi connectivity index (χ2v) is 7.77. The summed E-state index contributed by atoms with van der Waals surface area (Å²) in [4.78, 5) is 25.4. The highest BCUT2D eigenvalue weighted by atomic mass is 19.4. The van der Waals surface area contributed by atoms with Gasteiger partial charge in [0.05, 0.1) is 17.4 Å². The number of alkyl halides is 3. The van der Waals surface area contributed by atoms with E-state index in [-0.39, 0.29) is 23.3 Å². The summed E-state index contributed by atoms with van der Waals surface area (Å²) >= 11 is 0. The summed E-state index contributed by atoms with van der Waals surface area (Å²) in [6, 6.07) is 9.43. The number of unbranched alkanes of at least 4 members (excludes halogenated alkanes) is 1. The van der Waals surface area contributed by atoms with Crippen LogP contribution in [0, 0.1) is 0 Å². The smallest absolute Gasteiger partial charge is 0.370 e. The summed E-state index contributed by atoms with van der Waals surface area (Å²) < 4.78 is 41.2. The lowest BCUT2D eigenvalue weighted by atomic mass is 10.2. The molecule has 4 aromatic heterocycles. The van der Waals surface area contributed by atoms with Crippen LogP contribution in [0.15, 0.2) is 61.2 Å². The molecule has 0 radical (unpaired) electrons. The standard InChI is InChI=1S/C24H23F3N6O/c1-2-3-8-29-21-5-4-19(14-30-21)32-23(34)20-12-17-11-18(24(25,26)27)13-31-22(17)33(20)15-16-6-9-28-10-7-16/h4-7,9-14H,2-3,8,15H2,1H3,(H,29,30)(H,32,34). The monoisotopic (exact) mass is 468 g/mol. The molecule has 0 saturated heterocycles. The number of halogens is 3. The van der Waals surface area contributed by atoms with Gasteiger partial charge >= 0.3 is 6.18 Å². The third-order valence-electron chi connectivity index (χ3n) is 5.24. The van der Waals surface area contributed by atoms with Crippen molar-refractivity contribution in [1.82, 2.24) is 19.5 Å². The van der Waals surface area contributed by atoms with Gasteiger partial charge in [0.15, 0.2) is 0 Å². The Morgan fingerprint density at radius 3 is 2.53 bits per heavy atom. The Kier molecular flexibility index (Phi) is 6.76. The van der Waals surface area contributed by atoms with E-state index >= 15 is 0 Å². The quantitative estimate of drug-likeness (QED) is 0.340. The first-order chi connectivity index (χ1) is 16.3. The molecule has 4 heterocycles. The molecule has 0 unspecified atom stereocenters. The van der Waals surface area contributed by atoms with Crippen LogP contribution in [0.3, 0.4) is 0 Å². The number of nitrogens with zero attached hydrogens (tertiary/aromatic N) is 4. The average molecular weight is 468 g/mol. The zero-order valence-electron chi connectivity index (χ0n) is 18.4. The minimum absolute atomic E-state index is 0.184. The van der Waals surface area contributed by atoms with E-state index in [1.165, 1.54) is 12.3 Å². The number of aromatic nitrogens is 4. The van der Waals surface area contributed by atoms with Gasteiger partial charge in [-0.05, 0) is 48.4 Å². The molecular formula is C24H23F3N6O. The van der Waals surface area contributed by atoms with Crippen LogP contribution in [0.4, 0.5) is 24.7 Å². The summed E-state index contributed by atoms with van der Waals surface area (Å²) in [5, 5.41) is 6.19. The van der Waals surface area contributed by atoms with Crippen LogP contribution in [0.2, 0.25) is 0 Å². The molecule has 176 valence electrons. The fourth-order valence-corrected chi connectivity index (χ4v) is 3.48. The number of hydrogen-bond donors (Lipinski definition) is 2. The summed E-state index contributed by atoms with van der Waals surface area (Å²) in [7, 11) is 0. The number of carbonyl (C=O) groups excluding carboxylic acids is 1. The molecule has 10 heteroatoms. The molecule has 0 spiro atoms. The van der Waals surface area contributed by atoms with Crippen LogP contribution in [-0.2, 0) is 12.7 Å². The van der Waals surface area contributed by atoms with Crippen molar-refractivity contribution >= 4 is 28.4 Å². The van der Waals surface area contributed by atoms with Crippen LogP contribution in [0.1, 0.15) is 41.4 Å². The summed E-state index contributed by atoms with van der Waals surface area (Å²) in [6.45, 7) is 3.14. The molecule has 0 aliphatic carbocycles. The second-order valence-electron chi connectivity index (χ2n) is 7.77. The SMILES string of the molecule is CCCCNc1ccc(NC(=O)c2cc3cc(C(F)(F)F)cnc3n2Cc2ccncc2)cn1. The fraction of sp³-hybridized carbons (Fsp3) is 0.250. The maximum absolute atomic E-state index is 13.2. The van der Waals surface area contributed by atoms with Crippen LogP contribution in [-0.4, -0.2) is 32.0 Å². The number of rotatable bonds is 8. The number of nitrogens with one attached hydrogen (secondary N) is 2. The third kappa shape index (κ3) is 5.33. The fourth-order valence-electron chi connectivity index (χ4n) is 3.48. The normalized spacial score (nSPS) is 11.5. The molecule has 0 fully saturated rings. The van der Waals surface area contributed by atoms with Gasteiger partial charge in [-0.15, -0.1) is 0 Å². The van der Waals surface area contributed by atoms with Crippen molar-refractivity contribution < 1.29 is 18.0 Å². The van der Waals surface area contributed by atoms with Crippen LogP contribution in [0.5, 0.6) is 0 Å². The van der Waals surface area contributed by atoms with E-state index in [1.807, 2.05) is 0 Å². The number of fused-ring (bicyclic) bond motifs is 1. The third-order valence-corrected chi connectivity index (χ3v) is 5.24. The Morgan fingerprint density at radius 2 is 1.85 bits per heavy atom. The second kappa shape index (κ2) is 9.90. The van der Waals surface area contributed by atoms with E-state index in [0.29, 0.717) is 11.5 Å². The lowest BCUT2D eigenvalue weighted by Gasteiger charge is -2.12. The minimum atomic E-state index is -4.53. The van der Waals surface area contributed by atoms with Gasteiger partial charge in [0.2, 0.25) is 0 Å². The molecular weight excluding hydrogens is 445 g/mol. The van der Waals surface area contributed by atoms with Crippen LogP contribution in [0.25, 0.3) is 11.0 Å². The molecule has 34 heavy (non-hydrogen) atoms. The molecule has 2 N–H and O–H groups in total. The Morgan fingerprint density at radius 1 is 1.06 bits per heavy atom. The molecule has 0 aliphatic heterocycles. The first-order valence-electron chi connectivity index (χ1n) is 10.8. The van der Waals surface area contributed by atoms with Crippen molar-refractivity contribution in [3.63, 3.8) is 0 Å². The molecule has 0 aromatic carbocycles. The van der Waals surface area contributed by atoms with E-state index in [4.69, 9.17) is 0 Å². The van der Waals surface area contributed by atoms with E-state index in [2.05, 4.69) is 32.5 Å². The minimum Gasteiger partial charge on any atom is -0.370 e. The molecule has 4 aromatic rings. The van der Waals surface area contributed by atoms with Crippen molar-refractivity contribution in [2.45, 2.75) is 32.5 Å². The van der Waals surface area contributed by atoms with Crippen molar-refractivity contribution in [3.05, 3.63) is 78.0 Å². The lowest BCUT2D eigenvalue weighted by Crippen LogP contribution is -2.18. The molecule has 4 rings (SSSR count). The molecule has 0 aliphatic rings. The lowest BCUT2D eigenvalue weighted by molar-refractivity contribution is -0.137. The van der Waals surface area contributed by atoms with Gasteiger partial charge < -0.3 is 15.2 Å². The zero-order valence-corrected chi connectivity index (χ0v) is 18.4.